The van der Waals surface area contributed by atoms with E-state index >= 15 is 0 Å². The molecule has 2 atom stereocenters. The molecule has 0 fully saturated rings. The zero-order valence-electron chi connectivity index (χ0n) is 12.7. The standard InChI is InChI=1S/C17H28FN/c1-5-6-7-17(19-12-14(4)13(2)3)15-8-10-16(18)11-9-15/h8-11,13-14,17,19H,5-7,12H2,1-4H3. The summed E-state index contributed by atoms with van der Waals surface area (Å²) in [5, 5.41) is 3.65. The van der Waals surface area contributed by atoms with Crippen molar-refractivity contribution in [3.63, 3.8) is 0 Å². The molecular formula is C17H28FN. The van der Waals surface area contributed by atoms with Gasteiger partial charge in [0.15, 0.2) is 0 Å². The molecule has 0 aliphatic carbocycles. The lowest BCUT2D eigenvalue weighted by molar-refractivity contribution is 0.359. The van der Waals surface area contributed by atoms with Crippen molar-refractivity contribution in [1.29, 1.82) is 0 Å². The predicted molar refractivity (Wildman–Crippen MR) is 80.7 cm³/mol. The molecule has 1 aromatic rings. The van der Waals surface area contributed by atoms with E-state index in [-0.39, 0.29) is 5.82 Å². The molecule has 2 unspecified atom stereocenters. The van der Waals surface area contributed by atoms with Crippen LogP contribution in [0.2, 0.25) is 0 Å². The number of rotatable bonds is 8. The third-order valence-corrected chi connectivity index (χ3v) is 3.94. The van der Waals surface area contributed by atoms with Crippen LogP contribution in [0.4, 0.5) is 4.39 Å². The summed E-state index contributed by atoms with van der Waals surface area (Å²) in [7, 11) is 0. The van der Waals surface area contributed by atoms with E-state index in [1.54, 1.807) is 12.1 Å². The van der Waals surface area contributed by atoms with Crippen LogP contribution in [0.25, 0.3) is 0 Å². The van der Waals surface area contributed by atoms with Crippen molar-refractivity contribution in [3.05, 3.63) is 35.6 Å². The quantitative estimate of drug-likeness (QED) is 0.702. The van der Waals surface area contributed by atoms with Gasteiger partial charge in [0.25, 0.3) is 0 Å². The number of halogens is 1. The van der Waals surface area contributed by atoms with Crippen molar-refractivity contribution in [1.82, 2.24) is 5.32 Å². The molecule has 0 bridgehead atoms. The molecule has 0 amide bonds. The Balaban J connectivity index is 2.63. The second-order valence-electron chi connectivity index (χ2n) is 5.88. The van der Waals surface area contributed by atoms with Crippen molar-refractivity contribution in [2.24, 2.45) is 11.8 Å². The lowest BCUT2D eigenvalue weighted by Gasteiger charge is -2.23. The van der Waals surface area contributed by atoms with Crippen LogP contribution in [-0.4, -0.2) is 6.54 Å². The molecule has 0 saturated heterocycles. The molecule has 1 aromatic carbocycles. The average Bonchev–Trinajstić information content (AvgIpc) is 2.39. The van der Waals surface area contributed by atoms with Gasteiger partial charge in [-0.1, -0.05) is 52.7 Å². The second kappa shape index (κ2) is 8.31. The zero-order chi connectivity index (χ0) is 14.3. The molecular weight excluding hydrogens is 237 g/mol. The van der Waals surface area contributed by atoms with Gasteiger partial charge in [0, 0.05) is 6.04 Å². The van der Waals surface area contributed by atoms with Crippen molar-refractivity contribution >= 4 is 0 Å². The minimum absolute atomic E-state index is 0.159. The topological polar surface area (TPSA) is 12.0 Å². The van der Waals surface area contributed by atoms with E-state index in [0.717, 1.165) is 13.0 Å². The summed E-state index contributed by atoms with van der Waals surface area (Å²) in [4.78, 5) is 0. The van der Waals surface area contributed by atoms with Crippen molar-refractivity contribution < 1.29 is 4.39 Å². The van der Waals surface area contributed by atoms with Crippen LogP contribution in [0.1, 0.15) is 58.6 Å². The third kappa shape index (κ3) is 5.73. The first kappa shape index (κ1) is 16.2. The summed E-state index contributed by atoms with van der Waals surface area (Å²) in [5.74, 6) is 1.19. The van der Waals surface area contributed by atoms with Gasteiger partial charge >= 0.3 is 0 Å². The minimum atomic E-state index is -0.159. The summed E-state index contributed by atoms with van der Waals surface area (Å²) >= 11 is 0. The number of unbranched alkanes of at least 4 members (excludes halogenated alkanes) is 1. The summed E-state index contributed by atoms with van der Waals surface area (Å²) in [6.45, 7) is 10.0. The average molecular weight is 265 g/mol. The van der Waals surface area contributed by atoms with Gasteiger partial charge in [-0.25, -0.2) is 4.39 Å². The van der Waals surface area contributed by atoms with Crippen molar-refractivity contribution in [2.45, 2.75) is 53.0 Å². The number of benzene rings is 1. The molecule has 1 rings (SSSR count). The van der Waals surface area contributed by atoms with Crippen LogP contribution >= 0.6 is 0 Å². The number of hydrogen-bond acceptors (Lipinski definition) is 1. The normalized spacial score (nSPS) is 14.6. The molecule has 1 nitrogen and oxygen atoms in total. The molecule has 0 heterocycles. The van der Waals surface area contributed by atoms with Gasteiger partial charge in [-0.05, 0) is 42.5 Å². The molecule has 0 saturated carbocycles. The Morgan fingerprint density at radius 1 is 1.11 bits per heavy atom. The van der Waals surface area contributed by atoms with Crippen LogP contribution in [0.15, 0.2) is 24.3 Å². The maximum Gasteiger partial charge on any atom is 0.123 e. The molecule has 0 aliphatic rings. The lowest BCUT2D eigenvalue weighted by Crippen LogP contribution is -2.28. The van der Waals surface area contributed by atoms with Gasteiger partial charge < -0.3 is 5.32 Å². The van der Waals surface area contributed by atoms with Crippen LogP contribution < -0.4 is 5.32 Å². The van der Waals surface area contributed by atoms with E-state index in [1.165, 1.54) is 18.4 Å². The van der Waals surface area contributed by atoms with Gasteiger partial charge in [-0.15, -0.1) is 0 Å². The molecule has 0 aliphatic heterocycles. The highest BCUT2D eigenvalue weighted by Crippen LogP contribution is 2.21. The smallest absolute Gasteiger partial charge is 0.123 e. The summed E-state index contributed by atoms with van der Waals surface area (Å²) in [6.07, 6.45) is 3.51. The number of hydrogen-bond donors (Lipinski definition) is 1. The summed E-state index contributed by atoms with van der Waals surface area (Å²) < 4.78 is 13.0. The molecule has 0 radical (unpaired) electrons. The Morgan fingerprint density at radius 3 is 2.26 bits per heavy atom. The maximum absolute atomic E-state index is 13.0. The highest BCUT2D eigenvalue weighted by Gasteiger charge is 2.13. The molecule has 0 aromatic heterocycles. The fourth-order valence-electron chi connectivity index (χ4n) is 2.05. The molecule has 0 spiro atoms. The monoisotopic (exact) mass is 265 g/mol. The van der Waals surface area contributed by atoms with Gasteiger partial charge in [-0.3, -0.25) is 0 Å². The van der Waals surface area contributed by atoms with Gasteiger partial charge in [0.2, 0.25) is 0 Å². The first-order valence-electron chi connectivity index (χ1n) is 7.53. The highest BCUT2D eigenvalue weighted by molar-refractivity contribution is 5.19. The first-order chi connectivity index (χ1) is 9.04. The molecule has 108 valence electrons. The fraction of sp³-hybridized carbons (Fsp3) is 0.647. The van der Waals surface area contributed by atoms with E-state index in [4.69, 9.17) is 0 Å². The largest absolute Gasteiger partial charge is 0.310 e. The van der Waals surface area contributed by atoms with Gasteiger partial charge in [-0.2, -0.15) is 0 Å². The fourth-order valence-corrected chi connectivity index (χ4v) is 2.05. The predicted octanol–water partition coefficient (Wildman–Crippen LogP) is 4.94. The van der Waals surface area contributed by atoms with Crippen LogP contribution in [0, 0.1) is 17.7 Å². The number of nitrogens with one attached hydrogen (secondary N) is 1. The van der Waals surface area contributed by atoms with Crippen LogP contribution in [0.5, 0.6) is 0 Å². The SMILES string of the molecule is CCCCC(NCC(C)C(C)C)c1ccc(F)cc1. The van der Waals surface area contributed by atoms with Crippen LogP contribution in [-0.2, 0) is 0 Å². The lowest BCUT2D eigenvalue weighted by atomic mass is 9.96. The Hall–Kier alpha value is -0.890. The maximum atomic E-state index is 13.0. The molecule has 2 heteroatoms. The molecule has 19 heavy (non-hydrogen) atoms. The second-order valence-corrected chi connectivity index (χ2v) is 5.88. The van der Waals surface area contributed by atoms with E-state index in [2.05, 4.69) is 33.0 Å². The minimum Gasteiger partial charge on any atom is -0.310 e. The van der Waals surface area contributed by atoms with E-state index < -0.39 is 0 Å². The van der Waals surface area contributed by atoms with Crippen LogP contribution in [0.3, 0.4) is 0 Å². The first-order valence-corrected chi connectivity index (χ1v) is 7.53. The summed E-state index contributed by atoms with van der Waals surface area (Å²) in [5.41, 5.74) is 1.20. The van der Waals surface area contributed by atoms with Gasteiger partial charge in [0.05, 0.1) is 0 Å². The zero-order valence-corrected chi connectivity index (χ0v) is 12.7. The summed E-state index contributed by atoms with van der Waals surface area (Å²) in [6, 6.07) is 7.27. The third-order valence-electron chi connectivity index (χ3n) is 3.94. The van der Waals surface area contributed by atoms with Crippen molar-refractivity contribution in [2.75, 3.05) is 6.54 Å². The highest BCUT2D eigenvalue weighted by atomic mass is 19.1. The van der Waals surface area contributed by atoms with Gasteiger partial charge in [0.1, 0.15) is 5.82 Å². The molecule has 1 N–H and O–H groups in total. The Bertz CT molecular complexity index is 345. The van der Waals surface area contributed by atoms with E-state index in [1.807, 2.05) is 12.1 Å². The van der Waals surface area contributed by atoms with E-state index in [0.29, 0.717) is 17.9 Å². The van der Waals surface area contributed by atoms with Crippen molar-refractivity contribution in [3.8, 4) is 0 Å². The Morgan fingerprint density at radius 2 is 1.74 bits per heavy atom. The van der Waals surface area contributed by atoms with E-state index in [9.17, 15) is 4.39 Å². The Kier molecular flexibility index (Phi) is 7.07. The Labute approximate surface area is 117 Å².